The maximum atomic E-state index is 13.4. The van der Waals surface area contributed by atoms with E-state index in [0.717, 1.165) is 37.0 Å². The zero-order chi connectivity index (χ0) is 16.4. The van der Waals surface area contributed by atoms with Gasteiger partial charge in [0.25, 0.3) is 0 Å². The minimum Gasteiger partial charge on any atom is -0.369 e. The van der Waals surface area contributed by atoms with E-state index in [9.17, 15) is 9.18 Å². The summed E-state index contributed by atoms with van der Waals surface area (Å²) in [5, 5.41) is 4.07. The van der Waals surface area contributed by atoms with Crippen molar-refractivity contribution < 1.29 is 9.18 Å². The van der Waals surface area contributed by atoms with Gasteiger partial charge in [-0.25, -0.2) is 4.39 Å². The summed E-state index contributed by atoms with van der Waals surface area (Å²) in [6.07, 6.45) is 3.73. The molecule has 23 heavy (non-hydrogen) atoms. The molecule has 0 radical (unpaired) electrons. The molecular formula is C18H22FN3O. The van der Waals surface area contributed by atoms with Crippen LogP contribution in [0.2, 0.25) is 0 Å². The van der Waals surface area contributed by atoms with Crippen molar-refractivity contribution in [3.05, 3.63) is 36.3 Å². The molecule has 1 unspecified atom stereocenters. The summed E-state index contributed by atoms with van der Waals surface area (Å²) in [4.78, 5) is 18.4. The Hall–Kier alpha value is -2.17. The van der Waals surface area contributed by atoms with E-state index in [-0.39, 0.29) is 23.7 Å². The normalized spacial score (nSPS) is 18.4. The van der Waals surface area contributed by atoms with Crippen LogP contribution in [0, 0.1) is 11.7 Å². The number of halogens is 1. The number of pyridine rings is 1. The standard InChI is InChI=1S/C18H22FN3O/c1-12(2)18(23)21-14-4-3-9-22(11-14)17-7-8-20-16-10-13(19)5-6-15(16)17/h5-8,10,12,14H,3-4,9,11H2,1-2H3,(H,21,23). The second kappa shape index (κ2) is 6.52. The SMILES string of the molecule is CC(C)C(=O)NC1CCCN(c2ccnc3cc(F)ccc23)C1. The second-order valence-corrected chi connectivity index (χ2v) is 6.44. The lowest BCUT2D eigenvalue weighted by Crippen LogP contribution is -2.48. The van der Waals surface area contributed by atoms with Gasteiger partial charge >= 0.3 is 0 Å². The van der Waals surface area contributed by atoms with E-state index in [1.165, 1.54) is 12.1 Å². The van der Waals surface area contributed by atoms with Crippen molar-refractivity contribution >= 4 is 22.5 Å². The van der Waals surface area contributed by atoms with E-state index in [1.807, 2.05) is 19.9 Å². The molecule has 1 aliphatic heterocycles. The first-order valence-corrected chi connectivity index (χ1v) is 8.14. The number of nitrogens with zero attached hydrogens (tertiary/aromatic N) is 2. The van der Waals surface area contributed by atoms with Crippen LogP contribution >= 0.6 is 0 Å². The van der Waals surface area contributed by atoms with Crippen molar-refractivity contribution in [3.8, 4) is 0 Å². The van der Waals surface area contributed by atoms with Gasteiger partial charge in [0, 0.05) is 48.4 Å². The van der Waals surface area contributed by atoms with Crippen molar-refractivity contribution in [1.29, 1.82) is 0 Å². The van der Waals surface area contributed by atoms with Gasteiger partial charge in [0.05, 0.1) is 5.52 Å². The van der Waals surface area contributed by atoms with Crippen LogP contribution in [0.1, 0.15) is 26.7 Å². The first-order chi connectivity index (χ1) is 11.0. The van der Waals surface area contributed by atoms with Crippen molar-refractivity contribution in [2.45, 2.75) is 32.7 Å². The molecule has 1 N–H and O–H groups in total. The molecule has 122 valence electrons. The van der Waals surface area contributed by atoms with Gasteiger partial charge in [-0.05, 0) is 31.0 Å². The van der Waals surface area contributed by atoms with Crippen molar-refractivity contribution in [1.82, 2.24) is 10.3 Å². The third-order valence-corrected chi connectivity index (χ3v) is 4.31. The lowest BCUT2D eigenvalue weighted by atomic mass is 10.0. The Bertz CT molecular complexity index is 716. The number of hydrogen-bond donors (Lipinski definition) is 1. The van der Waals surface area contributed by atoms with Gasteiger partial charge in [0.2, 0.25) is 5.91 Å². The Labute approximate surface area is 135 Å². The Balaban J connectivity index is 1.83. The summed E-state index contributed by atoms with van der Waals surface area (Å²) in [6.45, 7) is 5.52. The lowest BCUT2D eigenvalue weighted by Gasteiger charge is -2.35. The van der Waals surface area contributed by atoms with Gasteiger partial charge < -0.3 is 10.2 Å². The maximum absolute atomic E-state index is 13.4. The van der Waals surface area contributed by atoms with E-state index in [0.29, 0.717) is 5.52 Å². The highest BCUT2D eigenvalue weighted by atomic mass is 19.1. The Kier molecular flexibility index (Phi) is 4.46. The molecule has 1 aliphatic rings. The number of amides is 1. The fourth-order valence-electron chi connectivity index (χ4n) is 3.06. The van der Waals surface area contributed by atoms with Crippen LogP contribution in [0.25, 0.3) is 10.9 Å². The molecule has 1 amide bonds. The third kappa shape index (κ3) is 3.44. The quantitative estimate of drug-likeness (QED) is 0.946. The summed E-state index contributed by atoms with van der Waals surface area (Å²) < 4.78 is 13.4. The lowest BCUT2D eigenvalue weighted by molar-refractivity contribution is -0.124. The molecule has 0 saturated carbocycles. The van der Waals surface area contributed by atoms with E-state index in [2.05, 4.69) is 15.2 Å². The Morgan fingerprint density at radius 3 is 3.00 bits per heavy atom. The molecule has 3 rings (SSSR count). The van der Waals surface area contributed by atoms with Gasteiger partial charge in [-0.1, -0.05) is 13.8 Å². The minimum absolute atomic E-state index is 0.00453. The number of aromatic nitrogens is 1. The van der Waals surface area contributed by atoms with Gasteiger partial charge in [0.15, 0.2) is 0 Å². The summed E-state index contributed by atoms with van der Waals surface area (Å²) in [6, 6.07) is 6.83. The van der Waals surface area contributed by atoms with Crippen molar-refractivity contribution in [3.63, 3.8) is 0 Å². The third-order valence-electron chi connectivity index (χ3n) is 4.31. The van der Waals surface area contributed by atoms with Crippen LogP contribution in [0.3, 0.4) is 0 Å². The molecule has 0 aliphatic carbocycles. The molecule has 2 aromatic rings. The number of anilines is 1. The number of nitrogens with one attached hydrogen (secondary N) is 1. The zero-order valence-corrected chi connectivity index (χ0v) is 13.6. The smallest absolute Gasteiger partial charge is 0.222 e. The molecule has 0 bridgehead atoms. The molecule has 0 spiro atoms. The van der Waals surface area contributed by atoms with Crippen molar-refractivity contribution in [2.75, 3.05) is 18.0 Å². The molecule has 1 aromatic carbocycles. The highest BCUT2D eigenvalue weighted by molar-refractivity contribution is 5.91. The van der Waals surface area contributed by atoms with Gasteiger partial charge in [-0.2, -0.15) is 0 Å². The number of piperidine rings is 1. The molecule has 5 heteroatoms. The predicted octanol–water partition coefficient (Wildman–Crippen LogP) is 3.11. The fourth-order valence-corrected chi connectivity index (χ4v) is 3.06. The number of rotatable bonds is 3. The first-order valence-electron chi connectivity index (χ1n) is 8.14. The van der Waals surface area contributed by atoms with Crippen LogP contribution in [0.15, 0.2) is 30.5 Å². The molecule has 2 heterocycles. The average Bonchev–Trinajstić information content (AvgIpc) is 2.54. The summed E-state index contributed by atoms with van der Waals surface area (Å²) in [5.41, 5.74) is 1.72. The molecular weight excluding hydrogens is 293 g/mol. The predicted molar refractivity (Wildman–Crippen MR) is 89.9 cm³/mol. The summed E-state index contributed by atoms with van der Waals surface area (Å²) in [7, 11) is 0. The number of hydrogen-bond acceptors (Lipinski definition) is 3. The molecule has 1 fully saturated rings. The molecule has 1 aromatic heterocycles. The van der Waals surface area contributed by atoms with Crippen molar-refractivity contribution in [2.24, 2.45) is 5.92 Å². The number of carbonyl (C=O) groups is 1. The van der Waals surface area contributed by atoms with Crippen LogP contribution < -0.4 is 10.2 Å². The highest BCUT2D eigenvalue weighted by Crippen LogP contribution is 2.28. The van der Waals surface area contributed by atoms with Gasteiger partial charge in [0.1, 0.15) is 5.82 Å². The molecule has 1 atom stereocenters. The number of carbonyl (C=O) groups excluding carboxylic acids is 1. The largest absolute Gasteiger partial charge is 0.369 e. The monoisotopic (exact) mass is 315 g/mol. The van der Waals surface area contributed by atoms with Crippen LogP contribution in [-0.2, 0) is 4.79 Å². The summed E-state index contributed by atoms with van der Waals surface area (Å²) >= 11 is 0. The maximum Gasteiger partial charge on any atom is 0.222 e. The van der Waals surface area contributed by atoms with E-state index >= 15 is 0 Å². The van der Waals surface area contributed by atoms with Crippen LogP contribution in [0.5, 0.6) is 0 Å². The average molecular weight is 315 g/mol. The highest BCUT2D eigenvalue weighted by Gasteiger charge is 2.23. The van der Waals surface area contributed by atoms with Gasteiger partial charge in [-0.15, -0.1) is 0 Å². The zero-order valence-electron chi connectivity index (χ0n) is 13.6. The molecule has 4 nitrogen and oxygen atoms in total. The minimum atomic E-state index is -0.275. The van der Waals surface area contributed by atoms with Gasteiger partial charge in [-0.3, -0.25) is 9.78 Å². The van der Waals surface area contributed by atoms with Crippen LogP contribution in [0.4, 0.5) is 10.1 Å². The second-order valence-electron chi connectivity index (χ2n) is 6.44. The Morgan fingerprint density at radius 2 is 2.22 bits per heavy atom. The van der Waals surface area contributed by atoms with Crippen LogP contribution in [-0.4, -0.2) is 30.0 Å². The van der Waals surface area contributed by atoms with E-state index in [1.54, 1.807) is 12.3 Å². The van der Waals surface area contributed by atoms with E-state index in [4.69, 9.17) is 0 Å². The summed E-state index contributed by atoms with van der Waals surface area (Å²) in [5.74, 6) is -0.184. The Morgan fingerprint density at radius 1 is 1.39 bits per heavy atom. The number of fused-ring (bicyclic) bond motifs is 1. The first kappa shape index (κ1) is 15.7. The topological polar surface area (TPSA) is 45.2 Å². The number of benzene rings is 1. The van der Waals surface area contributed by atoms with E-state index < -0.39 is 0 Å². The fraction of sp³-hybridized carbons (Fsp3) is 0.444. The molecule has 1 saturated heterocycles.